The van der Waals surface area contributed by atoms with Crippen molar-refractivity contribution in [1.29, 1.82) is 5.26 Å². The van der Waals surface area contributed by atoms with Crippen LogP contribution in [0.2, 0.25) is 0 Å². The summed E-state index contributed by atoms with van der Waals surface area (Å²) in [5.74, 6) is 0. The molecule has 0 bridgehead atoms. The maximum Gasteiger partial charge on any atom is 0.145 e. The zero-order valence-electron chi connectivity index (χ0n) is 11.8. The van der Waals surface area contributed by atoms with Crippen molar-refractivity contribution in [3.8, 4) is 6.07 Å². The molecule has 0 saturated heterocycles. The standard InChI is InChI=1S/C17H19N3/c1-2-3-12-20(16-9-5-4-6-10-16)14-15-8-7-11-19-17(15)13-18/h4-11H,2-3,12,14H2,1H3. The van der Waals surface area contributed by atoms with Crippen LogP contribution in [0.1, 0.15) is 31.0 Å². The van der Waals surface area contributed by atoms with Gasteiger partial charge in [-0.15, -0.1) is 0 Å². The summed E-state index contributed by atoms with van der Waals surface area (Å²) < 4.78 is 0. The zero-order chi connectivity index (χ0) is 14.2. The van der Waals surface area contributed by atoms with Gasteiger partial charge in [0.05, 0.1) is 0 Å². The molecule has 2 aromatic rings. The fourth-order valence-corrected chi connectivity index (χ4v) is 2.16. The molecule has 1 aromatic heterocycles. The Morgan fingerprint density at radius 2 is 1.95 bits per heavy atom. The van der Waals surface area contributed by atoms with Gasteiger partial charge in [-0.3, -0.25) is 0 Å². The third kappa shape index (κ3) is 3.58. The SMILES string of the molecule is CCCCN(Cc1cccnc1C#N)c1ccccc1. The maximum absolute atomic E-state index is 9.15. The fraction of sp³-hybridized carbons (Fsp3) is 0.294. The van der Waals surface area contributed by atoms with Gasteiger partial charge in [0.15, 0.2) is 0 Å². The first-order valence-electron chi connectivity index (χ1n) is 6.99. The summed E-state index contributed by atoms with van der Waals surface area (Å²) in [7, 11) is 0. The Kier molecular flexibility index (Phi) is 5.14. The minimum Gasteiger partial charge on any atom is -0.367 e. The van der Waals surface area contributed by atoms with Crippen LogP contribution in [0.15, 0.2) is 48.7 Å². The summed E-state index contributed by atoms with van der Waals surface area (Å²) in [6.07, 6.45) is 3.96. The van der Waals surface area contributed by atoms with Crippen molar-refractivity contribution in [3.05, 3.63) is 59.9 Å². The van der Waals surface area contributed by atoms with E-state index in [0.717, 1.165) is 31.5 Å². The fourth-order valence-electron chi connectivity index (χ4n) is 2.16. The second kappa shape index (κ2) is 7.30. The number of nitrogens with zero attached hydrogens (tertiary/aromatic N) is 3. The summed E-state index contributed by atoms with van der Waals surface area (Å²) in [5, 5.41) is 9.15. The molecule has 0 aliphatic heterocycles. The molecule has 102 valence electrons. The number of para-hydroxylation sites is 1. The van der Waals surface area contributed by atoms with Gasteiger partial charge in [-0.1, -0.05) is 37.6 Å². The van der Waals surface area contributed by atoms with E-state index in [1.807, 2.05) is 30.3 Å². The lowest BCUT2D eigenvalue weighted by atomic mass is 10.1. The molecule has 0 unspecified atom stereocenters. The molecule has 0 spiro atoms. The van der Waals surface area contributed by atoms with Gasteiger partial charge in [0.1, 0.15) is 11.8 Å². The van der Waals surface area contributed by atoms with E-state index in [4.69, 9.17) is 5.26 Å². The van der Waals surface area contributed by atoms with E-state index in [1.165, 1.54) is 5.69 Å². The van der Waals surface area contributed by atoms with E-state index in [9.17, 15) is 0 Å². The molecule has 0 amide bonds. The molecular formula is C17H19N3. The Morgan fingerprint density at radius 1 is 1.15 bits per heavy atom. The number of benzene rings is 1. The third-order valence-electron chi connectivity index (χ3n) is 3.26. The van der Waals surface area contributed by atoms with Crippen molar-refractivity contribution >= 4 is 5.69 Å². The van der Waals surface area contributed by atoms with E-state index in [2.05, 4.69) is 35.0 Å². The van der Waals surface area contributed by atoms with Crippen molar-refractivity contribution in [1.82, 2.24) is 4.98 Å². The van der Waals surface area contributed by atoms with E-state index in [1.54, 1.807) is 6.20 Å². The van der Waals surface area contributed by atoms with E-state index >= 15 is 0 Å². The average Bonchev–Trinajstić information content (AvgIpc) is 2.52. The van der Waals surface area contributed by atoms with Gasteiger partial charge in [0, 0.05) is 30.5 Å². The molecule has 3 heteroatoms. The van der Waals surface area contributed by atoms with Crippen LogP contribution in [0.5, 0.6) is 0 Å². The number of unbranched alkanes of at least 4 members (excludes halogenated alkanes) is 1. The van der Waals surface area contributed by atoms with Crippen LogP contribution in [-0.4, -0.2) is 11.5 Å². The lowest BCUT2D eigenvalue weighted by molar-refractivity contribution is 0.714. The predicted octanol–water partition coefficient (Wildman–Crippen LogP) is 3.76. The normalized spacial score (nSPS) is 10.0. The molecule has 0 radical (unpaired) electrons. The molecule has 0 fully saturated rings. The van der Waals surface area contributed by atoms with Gasteiger partial charge < -0.3 is 4.90 Å². The van der Waals surface area contributed by atoms with Crippen LogP contribution in [0.25, 0.3) is 0 Å². The number of pyridine rings is 1. The summed E-state index contributed by atoms with van der Waals surface area (Å²) in [4.78, 5) is 6.44. The van der Waals surface area contributed by atoms with Crippen LogP contribution in [0.3, 0.4) is 0 Å². The monoisotopic (exact) mass is 265 g/mol. The minimum absolute atomic E-state index is 0.518. The van der Waals surface area contributed by atoms with Gasteiger partial charge in [-0.05, 0) is 24.6 Å². The molecule has 0 atom stereocenters. The summed E-state index contributed by atoms with van der Waals surface area (Å²) in [5.41, 5.74) is 2.69. The molecule has 3 nitrogen and oxygen atoms in total. The van der Waals surface area contributed by atoms with Crippen LogP contribution < -0.4 is 4.90 Å². The number of rotatable bonds is 6. The van der Waals surface area contributed by atoms with E-state index in [0.29, 0.717) is 5.69 Å². The van der Waals surface area contributed by atoms with Crippen LogP contribution >= 0.6 is 0 Å². The van der Waals surface area contributed by atoms with Crippen molar-refractivity contribution in [2.45, 2.75) is 26.3 Å². The number of hydrogen-bond donors (Lipinski definition) is 0. The largest absolute Gasteiger partial charge is 0.367 e. The second-order valence-electron chi connectivity index (χ2n) is 4.73. The first kappa shape index (κ1) is 14.1. The summed E-state index contributed by atoms with van der Waals surface area (Å²) in [6, 6.07) is 16.4. The second-order valence-corrected chi connectivity index (χ2v) is 4.73. The Bertz CT molecular complexity index is 572. The highest BCUT2D eigenvalue weighted by atomic mass is 15.1. The van der Waals surface area contributed by atoms with E-state index < -0.39 is 0 Å². The molecule has 0 N–H and O–H groups in total. The van der Waals surface area contributed by atoms with Crippen molar-refractivity contribution in [3.63, 3.8) is 0 Å². The first-order valence-corrected chi connectivity index (χ1v) is 6.99. The highest BCUT2D eigenvalue weighted by molar-refractivity contribution is 5.47. The minimum atomic E-state index is 0.518. The predicted molar refractivity (Wildman–Crippen MR) is 81.4 cm³/mol. The Morgan fingerprint density at radius 3 is 2.65 bits per heavy atom. The average molecular weight is 265 g/mol. The number of nitriles is 1. The molecule has 2 rings (SSSR count). The van der Waals surface area contributed by atoms with Crippen molar-refractivity contribution < 1.29 is 0 Å². The van der Waals surface area contributed by atoms with Crippen molar-refractivity contribution in [2.75, 3.05) is 11.4 Å². The van der Waals surface area contributed by atoms with Gasteiger partial charge in [-0.2, -0.15) is 5.26 Å². The Hall–Kier alpha value is -2.34. The molecule has 20 heavy (non-hydrogen) atoms. The molecule has 1 heterocycles. The third-order valence-corrected chi connectivity index (χ3v) is 3.26. The lowest BCUT2D eigenvalue weighted by Gasteiger charge is -2.25. The topological polar surface area (TPSA) is 39.9 Å². The van der Waals surface area contributed by atoms with Gasteiger partial charge in [-0.25, -0.2) is 4.98 Å². The number of hydrogen-bond acceptors (Lipinski definition) is 3. The quantitative estimate of drug-likeness (QED) is 0.798. The van der Waals surface area contributed by atoms with Crippen molar-refractivity contribution in [2.24, 2.45) is 0 Å². The van der Waals surface area contributed by atoms with Gasteiger partial charge in [0.25, 0.3) is 0 Å². The number of anilines is 1. The van der Waals surface area contributed by atoms with Gasteiger partial charge >= 0.3 is 0 Å². The smallest absolute Gasteiger partial charge is 0.145 e. The van der Waals surface area contributed by atoms with Gasteiger partial charge in [0.2, 0.25) is 0 Å². The highest BCUT2D eigenvalue weighted by Gasteiger charge is 2.10. The Labute approximate surface area is 120 Å². The molecule has 0 saturated carbocycles. The van der Waals surface area contributed by atoms with Crippen LogP contribution in [0.4, 0.5) is 5.69 Å². The molecule has 1 aromatic carbocycles. The highest BCUT2D eigenvalue weighted by Crippen LogP contribution is 2.18. The molecular weight excluding hydrogens is 246 g/mol. The van der Waals surface area contributed by atoms with Crippen LogP contribution in [0, 0.1) is 11.3 Å². The van der Waals surface area contributed by atoms with Crippen LogP contribution in [-0.2, 0) is 6.54 Å². The summed E-state index contributed by atoms with van der Waals surface area (Å²) >= 11 is 0. The Balaban J connectivity index is 2.22. The summed E-state index contributed by atoms with van der Waals surface area (Å²) in [6.45, 7) is 3.90. The van der Waals surface area contributed by atoms with E-state index in [-0.39, 0.29) is 0 Å². The maximum atomic E-state index is 9.15. The molecule has 0 aliphatic rings. The first-order chi connectivity index (χ1) is 9.85. The number of aromatic nitrogens is 1. The zero-order valence-corrected chi connectivity index (χ0v) is 11.8. The molecule has 0 aliphatic carbocycles. The lowest BCUT2D eigenvalue weighted by Crippen LogP contribution is -2.24.